The number of carbonyl (C=O) groups excluding carboxylic acids is 5. The molecule has 0 spiro atoms. The van der Waals surface area contributed by atoms with E-state index in [1.807, 2.05) is 69.2 Å². The third-order valence-corrected chi connectivity index (χ3v) is 18.0. The molecule has 548 valence electrons. The van der Waals surface area contributed by atoms with Gasteiger partial charge in [-0.15, -0.1) is 34.0 Å². The molecule has 9 aromatic heterocycles. The van der Waals surface area contributed by atoms with Crippen LogP contribution in [0.5, 0.6) is 0 Å². The smallest absolute Gasteiger partial charge is 0.411 e. The number of nitrogens with zero attached hydrogens (tertiary/aromatic N) is 17. The van der Waals surface area contributed by atoms with Crippen LogP contribution in [-0.2, 0) is 14.3 Å². The maximum absolute atomic E-state index is 13.6. The first-order chi connectivity index (χ1) is 48.4. The van der Waals surface area contributed by atoms with Gasteiger partial charge in [-0.1, -0.05) is 20.8 Å². The first kappa shape index (κ1) is 77.1. The maximum Gasteiger partial charge on any atom is 0.411 e. The van der Waals surface area contributed by atoms with Gasteiger partial charge in [-0.25, -0.2) is 57.5 Å². The Bertz CT molecular complexity index is 4400. The molecule has 9 aromatic rings. The zero-order valence-electron chi connectivity index (χ0n) is 59.7. The number of hydrogen-bond acceptors (Lipinski definition) is 27. The molecule has 3 saturated heterocycles. The summed E-state index contributed by atoms with van der Waals surface area (Å²) in [4.78, 5) is 133. The fourth-order valence-corrected chi connectivity index (χ4v) is 12.8. The molecule has 0 aliphatic carbocycles. The van der Waals surface area contributed by atoms with Gasteiger partial charge in [0.1, 0.15) is 42.8 Å². The van der Waals surface area contributed by atoms with Crippen LogP contribution in [0.3, 0.4) is 0 Å². The van der Waals surface area contributed by atoms with Crippen LogP contribution in [0.4, 0.5) is 40.6 Å². The van der Waals surface area contributed by atoms with Crippen LogP contribution in [-0.4, -0.2) is 196 Å². The van der Waals surface area contributed by atoms with Gasteiger partial charge in [0.2, 0.25) is 23.8 Å². The number of carboxylic acids is 1. The molecule has 3 atom stereocenters. The number of anilines is 3. The predicted molar refractivity (Wildman–Crippen MR) is 382 cm³/mol. The van der Waals surface area contributed by atoms with Crippen LogP contribution in [0, 0.1) is 43.6 Å². The monoisotopic (exact) mass is 1480 g/mol. The molecule has 12 rings (SSSR count). The highest BCUT2D eigenvalue weighted by Crippen LogP contribution is 2.32. The van der Waals surface area contributed by atoms with Crippen molar-refractivity contribution in [3.8, 4) is 0 Å². The number of aryl methyl sites for hydroxylation is 3. The van der Waals surface area contributed by atoms with Gasteiger partial charge >= 0.3 is 18.2 Å². The second-order valence-electron chi connectivity index (χ2n) is 27.5. The Morgan fingerprint density at radius 3 is 1.19 bits per heavy atom. The van der Waals surface area contributed by atoms with Crippen molar-refractivity contribution in [3.05, 3.63) is 122 Å². The largest absolute Gasteiger partial charge is 0.476 e. The molecule has 30 nitrogen and oxygen atoms in total. The van der Waals surface area contributed by atoms with Crippen molar-refractivity contribution >= 4 is 119 Å². The molecular weight excluding hydrogens is 1400 g/mol. The lowest BCUT2D eigenvalue weighted by Crippen LogP contribution is -2.37. The number of carboxylic acid groups (broad SMARTS) is 1. The number of nitrogens with one attached hydrogen (secondary N) is 4. The van der Waals surface area contributed by atoms with Crippen molar-refractivity contribution in [3.63, 3.8) is 0 Å². The molecule has 3 fully saturated rings. The molecule has 0 unspecified atom stereocenters. The number of halogens is 3. The van der Waals surface area contributed by atoms with Crippen molar-refractivity contribution in [1.82, 2.24) is 89.6 Å². The van der Waals surface area contributed by atoms with Crippen molar-refractivity contribution in [2.45, 2.75) is 140 Å². The Morgan fingerprint density at radius 1 is 0.495 bits per heavy atom. The molecule has 12 heterocycles. The number of aromatic nitrogens is 12. The Kier molecular flexibility index (Phi) is 24.3. The number of aromatic carboxylic acids is 1. The zero-order chi connectivity index (χ0) is 75.0. The summed E-state index contributed by atoms with van der Waals surface area (Å²) in [5.41, 5.74) is 2.19. The molecule has 0 bridgehead atoms. The molecule has 3 aliphatic rings. The van der Waals surface area contributed by atoms with Crippen molar-refractivity contribution in [2.75, 3.05) is 75.2 Å². The van der Waals surface area contributed by atoms with Crippen LogP contribution >= 0.6 is 34.0 Å². The van der Waals surface area contributed by atoms with Crippen LogP contribution in [0.2, 0.25) is 0 Å². The minimum Gasteiger partial charge on any atom is -0.476 e. The van der Waals surface area contributed by atoms with E-state index in [4.69, 9.17) is 9.47 Å². The molecule has 103 heavy (non-hydrogen) atoms. The normalized spacial score (nSPS) is 14.8. The van der Waals surface area contributed by atoms with Gasteiger partial charge in [-0.3, -0.25) is 44.5 Å². The summed E-state index contributed by atoms with van der Waals surface area (Å²) in [6.07, 6.45) is 7.73. The van der Waals surface area contributed by atoms with Gasteiger partial charge in [0.05, 0.1) is 71.7 Å². The van der Waals surface area contributed by atoms with E-state index in [1.165, 1.54) is 63.3 Å². The average Bonchev–Trinajstić information content (AvgIpc) is 1.69. The first-order valence-electron chi connectivity index (χ1n) is 32.8. The van der Waals surface area contributed by atoms with E-state index in [0.29, 0.717) is 92.0 Å². The number of fused-ring (bicyclic) bond motifs is 3. The van der Waals surface area contributed by atoms with E-state index in [1.54, 1.807) is 66.6 Å². The molecule has 5 N–H and O–H groups in total. The predicted octanol–water partition coefficient (Wildman–Crippen LogP) is 11.1. The highest BCUT2D eigenvalue weighted by atomic mass is 32.1. The molecule has 5 amide bonds. The zero-order valence-corrected chi connectivity index (χ0v) is 62.1. The molecule has 0 aromatic carbocycles. The Labute approximate surface area is 603 Å². The summed E-state index contributed by atoms with van der Waals surface area (Å²) in [6.45, 7) is 32.1. The number of amides is 5. The van der Waals surface area contributed by atoms with Gasteiger partial charge in [0.25, 0.3) is 11.8 Å². The molecular formula is C67H82F3N21O9S3. The lowest BCUT2D eigenvalue weighted by molar-refractivity contribution is -0.132. The number of carbonyl (C=O) groups is 6. The fraction of sp³-hybridized carbons (Fsp3) is 0.463. The van der Waals surface area contributed by atoms with E-state index in [0.717, 1.165) is 41.7 Å². The van der Waals surface area contributed by atoms with E-state index in [2.05, 4.69) is 81.1 Å². The third kappa shape index (κ3) is 21.1. The number of thiazole rings is 3. The van der Waals surface area contributed by atoms with Crippen LogP contribution in [0.15, 0.2) is 55.4 Å². The number of pyridine rings is 3. The summed E-state index contributed by atoms with van der Waals surface area (Å²) < 4.78 is 52.6. The van der Waals surface area contributed by atoms with Crippen molar-refractivity contribution < 1.29 is 56.5 Å². The molecule has 0 saturated carbocycles. The lowest BCUT2D eigenvalue weighted by Gasteiger charge is -2.24. The van der Waals surface area contributed by atoms with Crippen molar-refractivity contribution in [1.29, 1.82) is 0 Å². The van der Waals surface area contributed by atoms with E-state index in [9.17, 15) is 47.0 Å². The van der Waals surface area contributed by atoms with Gasteiger partial charge in [0.15, 0.2) is 34.0 Å². The van der Waals surface area contributed by atoms with E-state index < -0.39 is 35.1 Å². The SMILES string of the molecule is CC(C)(C)OC(=O)N1CCNC1.Cc1nc2nc(N[C@@H](C)c3cncc(F)c3)nc(C(=O)N3CCN(C(=O)CC(C)(C)C)C3)c2s1.Cc1nc2nc(N[C@@H](C)c3cncc(F)c3)nc(C(=O)N3CCN(C(=O)OC(C)(C)C)C3)c2s1.Cc1nc2nc(N[C@@H](C)c3cncc(F)c3)nc(C(=O)O)c2s1. The summed E-state index contributed by atoms with van der Waals surface area (Å²) in [7, 11) is 0. The molecule has 36 heteroatoms. The lowest BCUT2D eigenvalue weighted by atomic mass is 9.92. The average molecular weight is 1480 g/mol. The summed E-state index contributed by atoms with van der Waals surface area (Å²) in [6, 6.07) is 3.04. The second kappa shape index (κ2) is 32.5. The van der Waals surface area contributed by atoms with E-state index in [-0.39, 0.29) is 101 Å². The highest BCUT2D eigenvalue weighted by Gasteiger charge is 2.35. The fourth-order valence-electron chi connectivity index (χ4n) is 10.3. The quantitative estimate of drug-likeness (QED) is 0.0716. The van der Waals surface area contributed by atoms with Gasteiger partial charge in [-0.05, 0) is 123 Å². The number of ether oxygens (including phenoxy) is 2. The number of hydrogen-bond donors (Lipinski definition) is 5. The van der Waals surface area contributed by atoms with Crippen molar-refractivity contribution in [2.24, 2.45) is 5.41 Å². The summed E-state index contributed by atoms with van der Waals surface area (Å²) >= 11 is 3.91. The van der Waals surface area contributed by atoms with Gasteiger partial charge in [0, 0.05) is 64.3 Å². The molecule has 0 radical (unpaired) electrons. The third-order valence-electron chi connectivity index (χ3n) is 15.1. The Hall–Kier alpha value is -10.1. The van der Waals surface area contributed by atoms with Crippen LogP contribution in [0.25, 0.3) is 31.0 Å². The van der Waals surface area contributed by atoms with Crippen LogP contribution < -0.4 is 21.3 Å². The first-order valence-corrected chi connectivity index (χ1v) is 35.2. The van der Waals surface area contributed by atoms with Gasteiger partial charge in [-0.2, -0.15) is 15.0 Å². The Morgan fingerprint density at radius 2 is 0.845 bits per heavy atom. The van der Waals surface area contributed by atoms with E-state index >= 15 is 0 Å². The second-order valence-corrected chi connectivity index (χ2v) is 31.1. The minimum atomic E-state index is -1.15. The van der Waals surface area contributed by atoms with Gasteiger partial charge < -0.3 is 45.2 Å². The number of rotatable bonds is 13. The van der Waals surface area contributed by atoms with Crippen LogP contribution in [0.1, 0.15) is 171 Å². The Balaban J connectivity index is 0.000000168. The molecule has 3 aliphatic heterocycles. The standard InChI is InChI=1S/C23H28FN7O2S.C22H26FN7O3S.C14H12FN5O2S.C8H16N2O2/c1-13(15-8-16(24)11-25-10-15)26-22-28-18(19-20(29-22)27-14(2)34-19)21(33)31-7-6-30(12-31)17(32)9-23(3,4)5;1-12(14-8-15(23)10-24-9-14)25-20-27-16(17-18(28-20)26-13(2)34-17)19(31)29-6-7-30(11-29)21(32)33-22(3,4)5;1-6(8-3-9(15)5-16-4-8)17-14-19-10(13(21)22)11-12(20-14)18-7(2)23-11;1-8(2,3)12-7(11)10-5-4-9-6-10/h8,10-11,13H,6-7,9,12H2,1-5H3,(H,26,28,29);8-10,12H,6-7,11H2,1-5H3,(H,25,27,28);3-6H,1-2H3,(H,21,22)(H,17,19,20);9H,4-6H2,1-3H3/t13-;12-;6-;/m000./s1. The highest BCUT2D eigenvalue weighted by molar-refractivity contribution is 7.19. The minimum absolute atomic E-state index is 0.0316. The topological polar surface area (TPSA) is 360 Å². The maximum atomic E-state index is 13.6. The summed E-state index contributed by atoms with van der Waals surface area (Å²) in [5.74, 6) is -2.52. The summed E-state index contributed by atoms with van der Waals surface area (Å²) in [5, 5.41) is 23.8.